The number of Topliss-reactive ketones (excluding diaryl/α,β-unsaturated/α-hetero) is 1. The molecule has 0 saturated carbocycles. The van der Waals surface area contributed by atoms with Crippen LogP contribution in [0.15, 0.2) is 0 Å². The fourth-order valence-corrected chi connectivity index (χ4v) is 0.998. The van der Waals surface area contributed by atoms with Gasteiger partial charge in [-0.2, -0.15) is 0 Å². The molecule has 0 aromatic carbocycles. The van der Waals surface area contributed by atoms with Crippen LogP contribution >= 0.6 is 0 Å². The van der Waals surface area contributed by atoms with Crippen molar-refractivity contribution in [3.8, 4) is 0 Å². The fraction of sp³-hybridized carbons (Fsp3) is 0.750. The molecule has 1 saturated heterocycles. The molecule has 0 aromatic rings. The van der Waals surface area contributed by atoms with E-state index in [-0.39, 0.29) is 56.7 Å². The Labute approximate surface area is 112 Å². The number of aliphatic carboxylic acids is 1. The number of carboxylic acid groups (broad SMARTS) is 1. The van der Waals surface area contributed by atoms with Crippen molar-refractivity contribution in [3.63, 3.8) is 0 Å². The third-order valence-corrected chi connectivity index (χ3v) is 1.86. The number of carboxylic acids is 1. The molecule has 0 amide bonds. The summed E-state index contributed by atoms with van der Waals surface area (Å²) in [4.78, 5) is 21.5. The topological polar surface area (TPSA) is 72.8 Å². The average Bonchev–Trinajstić information content (AvgIpc) is 2.17. The third-order valence-electron chi connectivity index (χ3n) is 1.86. The van der Waals surface area contributed by atoms with Crippen LogP contribution in [0.4, 0.5) is 0 Å². The van der Waals surface area contributed by atoms with Crippen molar-refractivity contribution >= 4 is 49.5 Å². The number of rotatable bonds is 3. The molecule has 0 spiro atoms. The van der Waals surface area contributed by atoms with E-state index in [2.05, 4.69) is 0 Å². The van der Waals surface area contributed by atoms with Crippen molar-refractivity contribution in [2.24, 2.45) is 5.92 Å². The van der Waals surface area contributed by atoms with Gasteiger partial charge in [0.2, 0.25) is 6.29 Å². The number of hydrogen-bond donors (Lipinski definition) is 1. The Morgan fingerprint density at radius 2 is 1.86 bits per heavy atom. The average molecular weight is 230 g/mol. The van der Waals surface area contributed by atoms with Gasteiger partial charge in [0.25, 0.3) is 0 Å². The molecule has 1 N–H and O–H groups in total. The zero-order valence-electron chi connectivity index (χ0n) is 7.36. The van der Waals surface area contributed by atoms with Gasteiger partial charge in [-0.25, -0.2) is 0 Å². The molecule has 1 rings (SSSR count). The van der Waals surface area contributed by atoms with Crippen molar-refractivity contribution < 1.29 is 24.2 Å². The molecule has 6 heteroatoms. The first kappa shape index (κ1) is 14.3. The number of carbonyl (C=O) groups is 2. The van der Waals surface area contributed by atoms with Crippen molar-refractivity contribution in [1.82, 2.24) is 0 Å². The maximum atomic E-state index is 11.0. The van der Waals surface area contributed by atoms with Crippen molar-refractivity contribution in [3.05, 3.63) is 0 Å². The SMILES string of the molecule is CCC(=O)C1OCC(C(=O)O)CO1.[CaH2]. The number of carbonyl (C=O) groups excluding carboxylic acids is 1. The molecule has 14 heavy (non-hydrogen) atoms. The van der Waals surface area contributed by atoms with E-state index in [1.807, 2.05) is 0 Å². The van der Waals surface area contributed by atoms with Crippen LogP contribution in [0, 0.1) is 5.92 Å². The first-order valence-electron chi connectivity index (χ1n) is 4.14. The molecule has 1 aliphatic rings. The van der Waals surface area contributed by atoms with E-state index in [1.54, 1.807) is 6.92 Å². The van der Waals surface area contributed by atoms with Gasteiger partial charge in [0, 0.05) is 6.42 Å². The Hall–Kier alpha value is 0.320. The molecule has 0 atom stereocenters. The second kappa shape index (κ2) is 6.74. The van der Waals surface area contributed by atoms with E-state index in [0.29, 0.717) is 6.42 Å². The van der Waals surface area contributed by atoms with E-state index < -0.39 is 18.2 Å². The van der Waals surface area contributed by atoms with Crippen LogP contribution in [-0.4, -0.2) is 74.1 Å². The molecule has 0 bridgehead atoms. The summed E-state index contributed by atoms with van der Waals surface area (Å²) in [5.74, 6) is -1.76. The van der Waals surface area contributed by atoms with Gasteiger partial charge in [-0.3, -0.25) is 9.59 Å². The molecule has 1 fully saturated rings. The number of ketones is 1. The molecule has 0 aromatic heterocycles. The van der Waals surface area contributed by atoms with Crippen molar-refractivity contribution in [2.45, 2.75) is 19.6 Å². The first-order chi connectivity index (χ1) is 6.15. The summed E-state index contributed by atoms with van der Waals surface area (Å²) in [5.41, 5.74) is 0. The summed E-state index contributed by atoms with van der Waals surface area (Å²) in [6, 6.07) is 0. The number of hydrogen-bond acceptors (Lipinski definition) is 4. The summed E-state index contributed by atoms with van der Waals surface area (Å²) in [6.07, 6.45) is -0.525. The minimum atomic E-state index is -0.956. The van der Waals surface area contributed by atoms with Crippen LogP contribution in [-0.2, 0) is 19.1 Å². The Morgan fingerprint density at radius 1 is 1.36 bits per heavy atom. The molecule has 1 aliphatic heterocycles. The van der Waals surface area contributed by atoms with Crippen LogP contribution < -0.4 is 0 Å². The van der Waals surface area contributed by atoms with Crippen LogP contribution in [0.25, 0.3) is 0 Å². The van der Waals surface area contributed by atoms with Crippen molar-refractivity contribution in [2.75, 3.05) is 13.2 Å². The molecule has 5 nitrogen and oxygen atoms in total. The summed E-state index contributed by atoms with van der Waals surface area (Å²) >= 11 is 0. The van der Waals surface area contributed by atoms with Gasteiger partial charge in [0.05, 0.1) is 13.2 Å². The standard InChI is InChI=1S/C8H12O5.Ca.2H/c1-2-6(9)8-12-3-5(4-13-8)7(10)11;;;/h5,8H,2-4H2,1H3,(H,10,11);;;. The summed E-state index contributed by atoms with van der Waals surface area (Å²) in [7, 11) is 0. The van der Waals surface area contributed by atoms with E-state index in [4.69, 9.17) is 14.6 Å². The van der Waals surface area contributed by atoms with Gasteiger partial charge in [0.1, 0.15) is 5.92 Å². The Morgan fingerprint density at radius 3 is 2.21 bits per heavy atom. The Kier molecular flexibility index (Phi) is 6.89. The van der Waals surface area contributed by atoms with Crippen LogP contribution in [0.1, 0.15) is 13.3 Å². The summed E-state index contributed by atoms with van der Waals surface area (Å²) in [6.45, 7) is 1.80. The molecular weight excluding hydrogens is 216 g/mol. The normalized spacial score (nSPS) is 26.4. The second-order valence-electron chi connectivity index (χ2n) is 2.85. The fourth-order valence-electron chi connectivity index (χ4n) is 0.998. The Bertz CT molecular complexity index is 210. The Balaban J connectivity index is 0.00000169. The van der Waals surface area contributed by atoms with E-state index in [1.165, 1.54) is 0 Å². The quantitative estimate of drug-likeness (QED) is 0.638. The summed E-state index contributed by atoms with van der Waals surface area (Å²) in [5, 5.41) is 8.58. The predicted molar refractivity (Wildman–Crippen MR) is 50.7 cm³/mol. The maximum absolute atomic E-state index is 11.0. The van der Waals surface area contributed by atoms with Gasteiger partial charge in [-0.15, -0.1) is 0 Å². The van der Waals surface area contributed by atoms with Gasteiger partial charge in [-0.05, 0) is 0 Å². The van der Waals surface area contributed by atoms with Crippen LogP contribution in [0.3, 0.4) is 0 Å². The molecular formula is C8H14CaO5. The third kappa shape index (κ3) is 3.82. The van der Waals surface area contributed by atoms with Crippen molar-refractivity contribution in [1.29, 1.82) is 0 Å². The predicted octanol–water partition coefficient (Wildman–Crippen LogP) is -0.877. The summed E-state index contributed by atoms with van der Waals surface area (Å²) < 4.78 is 9.90. The van der Waals surface area contributed by atoms with Gasteiger partial charge >= 0.3 is 43.7 Å². The molecule has 0 unspecified atom stereocenters. The molecule has 0 aliphatic carbocycles. The van der Waals surface area contributed by atoms with Crippen LogP contribution in [0.2, 0.25) is 0 Å². The van der Waals surface area contributed by atoms with E-state index >= 15 is 0 Å². The molecule has 78 valence electrons. The van der Waals surface area contributed by atoms with Gasteiger partial charge in [0.15, 0.2) is 5.78 Å². The zero-order valence-corrected chi connectivity index (χ0v) is 7.36. The minimum absolute atomic E-state index is 0. The molecule has 1 heterocycles. The number of ether oxygens (including phenoxy) is 2. The molecule has 0 radical (unpaired) electrons. The monoisotopic (exact) mass is 230 g/mol. The van der Waals surface area contributed by atoms with Gasteiger partial charge < -0.3 is 14.6 Å². The van der Waals surface area contributed by atoms with E-state index in [0.717, 1.165) is 0 Å². The van der Waals surface area contributed by atoms with E-state index in [9.17, 15) is 9.59 Å². The second-order valence-corrected chi connectivity index (χ2v) is 2.85. The van der Waals surface area contributed by atoms with Gasteiger partial charge in [-0.1, -0.05) is 6.92 Å². The first-order valence-corrected chi connectivity index (χ1v) is 4.14. The zero-order chi connectivity index (χ0) is 9.84. The van der Waals surface area contributed by atoms with Crippen LogP contribution in [0.5, 0.6) is 0 Å².